The third-order valence-corrected chi connectivity index (χ3v) is 6.24. The lowest BCUT2D eigenvalue weighted by Gasteiger charge is -2.16. The monoisotopic (exact) mass is 388 g/mol. The zero-order chi connectivity index (χ0) is 19.0. The summed E-state index contributed by atoms with van der Waals surface area (Å²) in [6, 6.07) is 1.46. The van der Waals surface area contributed by atoms with Crippen LogP contribution in [0.25, 0.3) is 0 Å². The predicted octanol–water partition coefficient (Wildman–Crippen LogP) is 1.97. The lowest BCUT2D eigenvalue weighted by atomic mass is 9.99. The number of sulfonamides is 1. The van der Waals surface area contributed by atoms with Crippen molar-refractivity contribution in [3.05, 3.63) is 40.7 Å². The minimum Gasteiger partial charge on any atom is -0.480 e. The van der Waals surface area contributed by atoms with Crippen molar-refractivity contribution in [1.82, 2.24) is 14.7 Å². The predicted molar refractivity (Wildman–Crippen MR) is 98.4 cm³/mol. The van der Waals surface area contributed by atoms with E-state index in [0.29, 0.717) is 0 Å². The van der Waals surface area contributed by atoms with Gasteiger partial charge in [-0.3, -0.25) is 0 Å². The molecule has 8 nitrogen and oxygen atoms in total. The van der Waals surface area contributed by atoms with E-state index < -0.39 is 16.1 Å². The van der Waals surface area contributed by atoms with Gasteiger partial charge in [0.2, 0.25) is 5.88 Å². The molecule has 0 atom stereocenters. The fourth-order valence-electron chi connectivity index (χ4n) is 3.83. The fourth-order valence-corrected chi connectivity index (χ4v) is 4.61. The van der Waals surface area contributed by atoms with Crippen molar-refractivity contribution in [1.29, 1.82) is 0 Å². The van der Waals surface area contributed by atoms with Crippen LogP contribution in [0.4, 0.5) is 10.5 Å². The van der Waals surface area contributed by atoms with Gasteiger partial charge >= 0.3 is 6.03 Å². The summed E-state index contributed by atoms with van der Waals surface area (Å²) in [5.74, 6) is 0.189. The number of aryl methyl sites for hydroxylation is 2. The van der Waals surface area contributed by atoms with Crippen LogP contribution in [0.15, 0.2) is 23.5 Å². The Morgan fingerprint density at radius 2 is 1.70 bits per heavy atom. The Morgan fingerprint density at radius 1 is 1.04 bits per heavy atom. The van der Waals surface area contributed by atoms with E-state index in [2.05, 4.69) is 21.4 Å². The molecule has 27 heavy (non-hydrogen) atoms. The summed E-state index contributed by atoms with van der Waals surface area (Å²) in [5.41, 5.74) is 5.57. The molecule has 2 aliphatic carbocycles. The number of urea groups is 1. The van der Waals surface area contributed by atoms with Crippen LogP contribution in [0.5, 0.6) is 5.88 Å². The molecule has 1 aromatic carbocycles. The van der Waals surface area contributed by atoms with Gasteiger partial charge in [-0.25, -0.2) is 19.5 Å². The first-order valence-electron chi connectivity index (χ1n) is 8.84. The molecule has 2 aliphatic rings. The highest BCUT2D eigenvalue weighted by atomic mass is 32.2. The van der Waals surface area contributed by atoms with Crippen molar-refractivity contribution in [3.63, 3.8) is 0 Å². The van der Waals surface area contributed by atoms with Crippen molar-refractivity contribution in [2.45, 2.75) is 43.6 Å². The van der Waals surface area contributed by atoms with Crippen LogP contribution in [-0.2, 0) is 35.7 Å². The molecule has 1 heterocycles. The Labute approximate surface area is 157 Å². The zero-order valence-corrected chi connectivity index (χ0v) is 15.7. The Balaban J connectivity index is 1.56. The average molecular weight is 388 g/mol. The van der Waals surface area contributed by atoms with E-state index >= 15 is 0 Å². The number of methoxy groups -OCH3 is 1. The summed E-state index contributed by atoms with van der Waals surface area (Å²) < 4.78 is 31.6. The van der Waals surface area contributed by atoms with E-state index in [1.807, 2.05) is 4.72 Å². The van der Waals surface area contributed by atoms with Crippen molar-refractivity contribution in [2.75, 3.05) is 12.4 Å². The number of hydrogen-bond donors (Lipinski definition) is 2. The number of benzene rings is 1. The van der Waals surface area contributed by atoms with Crippen molar-refractivity contribution in [2.24, 2.45) is 0 Å². The molecule has 0 spiro atoms. The normalized spacial score (nSPS) is 15.1. The van der Waals surface area contributed by atoms with Gasteiger partial charge in [0.05, 0.1) is 19.5 Å². The number of hydrogen-bond acceptors (Lipinski definition) is 6. The molecule has 0 unspecified atom stereocenters. The number of amides is 2. The molecule has 0 saturated heterocycles. The quantitative estimate of drug-likeness (QED) is 0.829. The van der Waals surface area contributed by atoms with Gasteiger partial charge in [-0.2, -0.15) is 8.42 Å². The van der Waals surface area contributed by atoms with Gasteiger partial charge in [0.1, 0.15) is 0 Å². The highest BCUT2D eigenvalue weighted by molar-refractivity contribution is 7.90. The molecule has 9 heteroatoms. The second-order valence-corrected chi connectivity index (χ2v) is 8.32. The van der Waals surface area contributed by atoms with E-state index in [4.69, 9.17) is 4.74 Å². The van der Waals surface area contributed by atoms with E-state index in [1.54, 1.807) is 0 Å². The minimum atomic E-state index is -4.12. The molecule has 0 radical (unpaired) electrons. The van der Waals surface area contributed by atoms with Crippen LogP contribution in [0.2, 0.25) is 0 Å². The van der Waals surface area contributed by atoms with Crippen molar-refractivity contribution >= 4 is 21.7 Å². The topological polar surface area (TPSA) is 110 Å². The van der Waals surface area contributed by atoms with Gasteiger partial charge in [0.15, 0.2) is 5.03 Å². The highest BCUT2D eigenvalue weighted by Crippen LogP contribution is 2.38. The molecule has 2 N–H and O–H groups in total. The van der Waals surface area contributed by atoms with E-state index in [9.17, 15) is 13.2 Å². The molecular weight excluding hydrogens is 368 g/mol. The van der Waals surface area contributed by atoms with Crippen molar-refractivity contribution < 1.29 is 17.9 Å². The van der Waals surface area contributed by atoms with Gasteiger partial charge < -0.3 is 10.1 Å². The number of fused-ring (bicyclic) bond motifs is 2. The van der Waals surface area contributed by atoms with E-state index in [-0.39, 0.29) is 10.9 Å². The Bertz CT molecular complexity index is 971. The maximum absolute atomic E-state index is 12.4. The van der Waals surface area contributed by atoms with Gasteiger partial charge in [-0.1, -0.05) is 6.07 Å². The number of aromatic nitrogens is 2. The number of ether oxygens (including phenoxy) is 1. The lowest BCUT2D eigenvalue weighted by molar-refractivity contribution is 0.256. The second-order valence-electron chi connectivity index (χ2n) is 6.69. The largest absolute Gasteiger partial charge is 0.480 e. The van der Waals surface area contributed by atoms with Crippen LogP contribution in [0.3, 0.4) is 0 Å². The Morgan fingerprint density at radius 3 is 2.26 bits per heavy atom. The molecule has 4 rings (SSSR count). The van der Waals surface area contributed by atoms with E-state index in [1.165, 1.54) is 24.4 Å². The Hall–Kier alpha value is -2.68. The standard InChI is InChI=1S/C18H20N4O4S/c1-26-15-9-20-16(10-19-15)27(24,25)22-18(23)21-17-13-6-2-4-11(13)8-12-5-3-7-14(12)17/h8-10H,2-7H2,1H3,(H2,21,22,23). The second kappa shape index (κ2) is 6.80. The van der Waals surface area contributed by atoms with Crippen molar-refractivity contribution in [3.8, 4) is 5.88 Å². The molecule has 1 aromatic heterocycles. The smallest absolute Gasteiger partial charge is 0.333 e. The number of carbonyl (C=O) groups excluding carboxylic acids is 1. The maximum Gasteiger partial charge on any atom is 0.333 e. The Kier molecular flexibility index (Phi) is 4.47. The summed E-state index contributed by atoms with van der Waals surface area (Å²) in [4.78, 5) is 20.0. The van der Waals surface area contributed by atoms with E-state index in [0.717, 1.165) is 61.5 Å². The maximum atomic E-state index is 12.4. The summed E-state index contributed by atoms with van der Waals surface area (Å²) in [6.45, 7) is 0. The first-order valence-corrected chi connectivity index (χ1v) is 10.3. The first-order chi connectivity index (χ1) is 13.0. The van der Waals surface area contributed by atoms with Crippen LogP contribution in [0.1, 0.15) is 35.1 Å². The zero-order valence-electron chi connectivity index (χ0n) is 14.9. The summed E-state index contributed by atoms with van der Waals surface area (Å²) in [7, 11) is -2.72. The molecule has 0 saturated carbocycles. The molecular formula is C18H20N4O4S. The molecule has 2 amide bonds. The van der Waals surface area contributed by atoms with Gasteiger partial charge in [-0.05, 0) is 60.8 Å². The lowest BCUT2D eigenvalue weighted by Crippen LogP contribution is -2.35. The molecule has 142 valence electrons. The summed E-state index contributed by atoms with van der Waals surface area (Å²) in [6.07, 6.45) is 8.12. The summed E-state index contributed by atoms with van der Waals surface area (Å²) in [5, 5.41) is 2.44. The third kappa shape index (κ3) is 3.34. The number of anilines is 1. The first kappa shape index (κ1) is 17.7. The van der Waals surface area contributed by atoms with Crippen LogP contribution in [0, 0.1) is 0 Å². The number of rotatable bonds is 4. The minimum absolute atomic E-state index is 0.189. The number of nitrogens with one attached hydrogen (secondary N) is 2. The van der Waals surface area contributed by atoms with Gasteiger partial charge in [-0.15, -0.1) is 0 Å². The number of nitrogens with zero attached hydrogens (tertiary/aromatic N) is 2. The van der Waals surface area contributed by atoms with Crippen LogP contribution in [-0.4, -0.2) is 31.5 Å². The van der Waals surface area contributed by atoms with Crippen LogP contribution >= 0.6 is 0 Å². The average Bonchev–Trinajstić information content (AvgIpc) is 3.30. The van der Waals surface area contributed by atoms with Crippen LogP contribution < -0.4 is 14.8 Å². The van der Waals surface area contributed by atoms with Gasteiger partial charge in [0, 0.05) is 5.69 Å². The summed E-state index contributed by atoms with van der Waals surface area (Å²) >= 11 is 0. The molecule has 0 bridgehead atoms. The molecule has 0 fully saturated rings. The SMILES string of the molecule is COc1cnc(S(=O)(=O)NC(=O)Nc2c3c(cc4c2CCC4)CCC3)cn1. The molecule has 2 aromatic rings. The highest BCUT2D eigenvalue weighted by Gasteiger charge is 2.26. The van der Waals surface area contributed by atoms with Gasteiger partial charge in [0.25, 0.3) is 10.0 Å². The number of carbonyl (C=O) groups is 1. The fraction of sp³-hybridized carbons (Fsp3) is 0.389. The molecule has 0 aliphatic heterocycles. The third-order valence-electron chi connectivity index (χ3n) is 5.03.